The van der Waals surface area contributed by atoms with E-state index < -0.39 is 12.1 Å². The highest BCUT2D eigenvalue weighted by atomic mass is 16.4. The first kappa shape index (κ1) is 12.2. The molecule has 0 aromatic heterocycles. The van der Waals surface area contributed by atoms with Gasteiger partial charge in [-0.2, -0.15) is 0 Å². The number of hydrogen-bond acceptors (Lipinski definition) is 3. The number of hydrogen-bond donors (Lipinski definition) is 3. The molecule has 0 saturated carbocycles. The molecule has 16 heavy (non-hydrogen) atoms. The summed E-state index contributed by atoms with van der Waals surface area (Å²) < 4.78 is 0. The average Bonchev–Trinajstić information content (AvgIpc) is 2.20. The molecule has 1 aromatic carbocycles. The second kappa shape index (κ2) is 5.27. The van der Waals surface area contributed by atoms with Crippen LogP contribution in [0.1, 0.15) is 12.5 Å². The summed E-state index contributed by atoms with van der Waals surface area (Å²) >= 11 is 0. The van der Waals surface area contributed by atoms with E-state index in [2.05, 4.69) is 5.32 Å². The van der Waals surface area contributed by atoms with Crippen LogP contribution in [0.5, 0.6) is 0 Å². The van der Waals surface area contributed by atoms with E-state index in [1.807, 2.05) is 0 Å². The molecule has 0 saturated heterocycles. The van der Waals surface area contributed by atoms with Crippen LogP contribution < -0.4 is 5.32 Å². The van der Waals surface area contributed by atoms with Crippen LogP contribution >= 0.6 is 0 Å². The summed E-state index contributed by atoms with van der Waals surface area (Å²) in [5.74, 6) is -1.41. The molecule has 0 radical (unpaired) electrons. The molecule has 0 heterocycles. The second-order valence-electron chi connectivity index (χ2n) is 3.44. The first-order valence-corrected chi connectivity index (χ1v) is 4.76. The number of carbonyl (C=O) groups excluding carboxylic acids is 1. The molecule has 86 valence electrons. The number of anilines is 1. The third kappa shape index (κ3) is 3.70. The zero-order valence-electron chi connectivity index (χ0n) is 8.80. The molecule has 0 aliphatic rings. The maximum atomic E-state index is 10.7. The van der Waals surface area contributed by atoms with Gasteiger partial charge in [0.15, 0.2) is 6.10 Å². The summed E-state index contributed by atoms with van der Waals surface area (Å²) in [6.07, 6.45) is -1.35. The lowest BCUT2D eigenvalue weighted by molar-refractivity contribution is -0.146. The predicted molar refractivity (Wildman–Crippen MR) is 58.1 cm³/mol. The standard InChI is InChI=1S/C11H13NO4/c1-7(13)12-9-4-2-8(3-5-9)6-10(14)11(15)16/h2-5,10,14H,6H2,1H3,(H,12,13)(H,15,16). The van der Waals surface area contributed by atoms with Crippen molar-refractivity contribution in [1.29, 1.82) is 0 Å². The van der Waals surface area contributed by atoms with Crippen molar-refractivity contribution < 1.29 is 19.8 Å². The molecule has 1 aromatic rings. The lowest BCUT2D eigenvalue weighted by Crippen LogP contribution is -2.21. The van der Waals surface area contributed by atoms with Crippen molar-refractivity contribution in [2.75, 3.05) is 5.32 Å². The Morgan fingerprint density at radius 3 is 2.31 bits per heavy atom. The van der Waals surface area contributed by atoms with Crippen LogP contribution in [0.3, 0.4) is 0 Å². The summed E-state index contributed by atoms with van der Waals surface area (Å²) in [5.41, 5.74) is 1.34. The van der Waals surface area contributed by atoms with Gasteiger partial charge in [0, 0.05) is 19.0 Å². The van der Waals surface area contributed by atoms with E-state index in [4.69, 9.17) is 10.2 Å². The van der Waals surface area contributed by atoms with Crippen molar-refractivity contribution in [2.24, 2.45) is 0 Å². The van der Waals surface area contributed by atoms with Gasteiger partial charge in [0.2, 0.25) is 5.91 Å². The monoisotopic (exact) mass is 223 g/mol. The Labute approximate surface area is 92.7 Å². The molecule has 5 nitrogen and oxygen atoms in total. The van der Waals surface area contributed by atoms with Gasteiger partial charge in [0.05, 0.1) is 0 Å². The predicted octanol–water partition coefficient (Wildman–Crippen LogP) is 0.633. The summed E-state index contributed by atoms with van der Waals surface area (Å²) in [4.78, 5) is 21.1. The van der Waals surface area contributed by atoms with Crippen LogP contribution in [0.25, 0.3) is 0 Å². The van der Waals surface area contributed by atoms with E-state index in [-0.39, 0.29) is 12.3 Å². The van der Waals surface area contributed by atoms with Gasteiger partial charge < -0.3 is 15.5 Å². The summed E-state index contributed by atoms with van der Waals surface area (Å²) in [6, 6.07) is 6.64. The Balaban J connectivity index is 2.64. The molecule has 1 rings (SSSR count). The van der Waals surface area contributed by atoms with Gasteiger partial charge in [-0.25, -0.2) is 4.79 Å². The van der Waals surface area contributed by atoms with Gasteiger partial charge in [0.25, 0.3) is 0 Å². The number of amides is 1. The number of carbonyl (C=O) groups is 2. The van der Waals surface area contributed by atoms with Crippen LogP contribution in [0.15, 0.2) is 24.3 Å². The Hall–Kier alpha value is -1.88. The van der Waals surface area contributed by atoms with E-state index >= 15 is 0 Å². The van der Waals surface area contributed by atoms with Crippen LogP contribution in [0.4, 0.5) is 5.69 Å². The maximum Gasteiger partial charge on any atom is 0.332 e. The molecule has 1 unspecified atom stereocenters. The summed E-state index contributed by atoms with van der Waals surface area (Å²) in [7, 11) is 0. The Morgan fingerprint density at radius 1 is 1.31 bits per heavy atom. The Morgan fingerprint density at radius 2 is 1.88 bits per heavy atom. The van der Waals surface area contributed by atoms with Crippen molar-refractivity contribution >= 4 is 17.6 Å². The lowest BCUT2D eigenvalue weighted by atomic mass is 10.1. The van der Waals surface area contributed by atoms with Gasteiger partial charge in [-0.05, 0) is 17.7 Å². The molecule has 0 spiro atoms. The minimum Gasteiger partial charge on any atom is -0.479 e. The average molecular weight is 223 g/mol. The van der Waals surface area contributed by atoms with Gasteiger partial charge in [-0.3, -0.25) is 4.79 Å². The molecule has 0 aliphatic carbocycles. The van der Waals surface area contributed by atoms with Crippen LogP contribution in [0, 0.1) is 0 Å². The topological polar surface area (TPSA) is 86.6 Å². The smallest absolute Gasteiger partial charge is 0.332 e. The van der Waals surface area contributed by atoms with Crippen molar-refractivity contribution in [3.05, 3.63) is 29.8 Å². The second-order valence-corrected chi connectivity index (χ2v) is 3.44. The quantitative estimate of drug-likeness (QED) is 0.698. The molecule has 3 N–H and O–H groups in total. The first-order valence-electron chi connectivity index (χ1n) is 4.76. The Bertz CT molecular complexity index is 385. The number of aliphatic hydroxyl groups excluding tert-OH is 1. The van der Waals surface area contributed by atoms with E-state index in [0.29, 0.717) is 11.3 Å². The van der Waals surface area contributed by atoms with Gasteiger partial charge in [-0.15, -0.1) is 0 Å². The third-order valence-corrected chi connectivity index (χ3v) is 1.99. The van der Waals surface area contributed by atoms with E-state index in [9.17, 15) is 9.59 Å². The third-order valence-electron chi connectivity index (χ3n) is 1.99. The van der Waals surface area contributed by atoms with Crippen LogP contribution in [-0.4, -0.2) is 28.2 Å². The summed E-state index contributed by atoms with van der Waals surface area (Å²) in [6.45, 7) is 1.40. The molecular formula is C11H13NO4. The number of nitrogens with one attached hydrogen (secondary N) is 1. The number of aliphatic carboxylic acids is 1. The van der Waals surface area contributed by atoms with Crippen molar-refractivity contribution in [2.45, 2.75) is 19.4 Å². The highest BCUT2D eigenvalue weighted by Crippen LogP contribution is 2.11. The lowest BCUT2D eigenvalue weighted by Gasteiger charge is -2.06. The molecular weight excluding hydrogens is 210 g/mol. The van der Waals surface area contributed by atoms with Crippen molar-refractivity contribution in [3.8, 4) is 0 Å². The number of carboxylic acids is 1. The SMILES string of the molecule is CC(=O)Nc1ccc(CC(O)C(=O)O)cc1. The fourth-order valence-electron chi connectivity index (χ4n) is 1.24. The van der Waals surface area contributed by atoms with E-state index in [0.717, 1.165) is 0 Å². The van der Waals surface area contributed by atoms with Crippen molar-refractivity contribution in [3.63, 3.8) is 0 Å². The molecule has 1 amide bonds. The molecule has 0 fully saturated rings. The minimum atomic E-state index is -1.40. The van der Waals surface area contributed by atoms with E-state index in [1.54, 1.807) is 24.3 Å². The van der Waals surface area contributed by atoms with Crippen LogP contribution in [-0.2, 0) is 16.0 Å². The number of aliphatic hydroxyl groups is 1. The summed E-state index contributed by atoms with van der Waals surface area (Å²) in [5, 5.41) is 20.2. The number of benzene rings is 1. The molecule has 0 bridgehead atoms. The van der Waals surface area contributed by atoms with E-state index in [1.165, 1.54) is 6.92 Å². The van der Waals surface area contributed by atoms with Crippen molar-refractivity contribution in [1.82, 2.24) is 0 Å². The zero-order chi connectivity index (χ0) is 12.1. The fourth-order valence-corrected chi connectivity index (χ4v) is 1.24. The number of rotatable bonds is 4. The molecule has 1 atom stereocenters. The van der Waals surface area contributed by atoms with Gasteiger partial charge in [0.1, 0.15) is 0 Å². The van der Waals surface area contributed by atoms with Crippen LogP contribution in [0.2, 0.25) is 0 Å². The van der Waals surface area contributed by atoms with Gasteiger partial charge >= 0.3 is 5.97 Å². The zero-order valence-corrected chi connectivity index (χ0v) is 8.80. The number of carboxylic acid groups (broad SMARTS) is 1. The fraction of sp³-hybridized carbons (Fsp3) is 0.273. The molecule has 5 heteroatoms. The first-order chi connectivity index (χ1) is 7.49. The maximum absolute atomic E-state index is 10.7. The minimum absolute atomic E-state index is 0.0513. The highest BCUT2D eigenvalue weighted by Gasteiger charge is 2.13. The molecule has 0 aliphatic heterocycles. The highest BCUT2D eigenvalue weighted by molar-refractivity contribution is 5.88. The largest absolute Gasteiger partial charge is 0.479 e. The Kier molecular flexibility index (Phi) is 4.02. The normalized spacial score (nSPS) is 11.9. The van der Waals surface area contributed by atoms with Gasteiger partial charge in [-0.1, -0.05) is 12.1 Å².